The fraction of sp³-hybridized carbons (Fsp3) is 0.0833. The zero-order valence-electron chi connectivity index (χ0n) is 16.8. The van der Waals surface area contributed by atoms with Crippen LogP contribution in [0.15, 0.2) is 72.9 Å². The van der Waals surface area contributed by atoms with E-state index in [1.807, 2.05) is 18.2 Å². The molecular formula is C24H14Cl2F3N3O. The third-order valence-electron chi connectivity index (χ3n) is 5.18. The van der Waals surface area contributed by atoms with E-state index in [0.717, 1.165) is 17.7 Å². The Labute approximate surface area is 196 Å². The molecule has 3 aromatic carbocycles. The van der Waals surface area contributed by atoms with Crippen molar-refractivity contribution in [3.63, 3.8) is 0 Å². The highest BCUT2D eigenvalue weighted by Gasteiger charge is 2.31. The second-order valence-corrected chi connectivity index (χ2v) is 8.17. The number of alkyl halides is 3. The number of hydrogen-bond acceptors (Lipinski definition) is 3. The molecule has 5 aromatic rings. The minimum absolute atomic E-state index is 0.134. The van der Waals surface area contributed by atoms with Crippen molar-refractivity contribution in [1.82, 2.24) is 14.8 Å². The molecule has 0 spiro atoms. The van der Waals surface area contributed by atoms with E-state index in [1.165, 1.54) is 10.7 Å². The van der Waals surface area contributed by atoms with Crippen LogP contribution in [0.1, 0.15) is 11.1 Å². The molecule has 9 heteroatoms. The van der Waals surface area contributed by atoms with Crippen LogP contribution in [0, 0.1) is 0 Å². The molecule has 0 aliphatic rings. The van der Waals surface area contributed by atoms with Crippen LogP contribution in [0.3, 0.4) is 0 Å². The molecule has 0 N–H and O–H groups in total. The van der Waals surface area contributed by atoms with Gasteiger partial charge >= 0.3 is 6.18 Å². The van der Waals surface area contributed by atoms with E-state index in [4.69, 9.17) is 27.9 Å². The number of pyridine rings is 1. The normalized spacial score (nSPS) is 11.9. The van der Waals surface area contributed by atoms with Gasteiger partial charge in [-0.3, -0.25) is 4.98 Å². The summed E-state index contributed by atoms with van der Waals surface area (Å²) in [5, 5.41) is 6.44. The summed E-state index contributed by atoms with van der Waals surface area (Å²) >= 11 is 12.3. The van der Waals surface area contributed by atoms with Gasteiger partial charge in [0.2, 0.25) is 5.88 Å². The predicted octanol–water partition coefficient (Wildman–Crippen LogP) is 7.48. The minimum Gasteiger partial charge on any atom is -0.472 e. The van der Waals surface area contributed by atoms with Gasteiger partial charge in [-0.2, -0.15) is 23.0 Å². The maximum atomic E-state index is 13.4. The van der Waals surface area contributed by atoms with Gasteiger partial charge in [-0.1, -0.05) is 41.4 Å². The first-order chi connectivity index (χ1) is 15.8. The smallest absolute Gasteiger partial charge is 0.416 e. The Bertz CT molecular complexity index is 1480. The Morgan fingerprint density at radius 1 is 0.909 bits per heavy atom. The highest BCUT2D eigenvalue weighted by Crippen LogP contribution is 2.36. The van der Waals surface area contributed by atoms with Gasteiger partial charge in [0.15, 0.2) is 0 Å². The molecule has 0 bridgehead atoms. The van der Waals surface area contributed by atoms with Crippen LogP contribution in [0.2, 0.25) is 10.0 Å². The van der Waals surface area contributed by atoms with Crippen LogP contribution in [0.25, 0.3) is 27.5 Å². The molecule has 2 heterocycles. The van der Waals surface area contributed by atoms with E-state index in [1.54, 1.807) is 36.5 Å². The predicted molar refractivity (Wildman–Crippen MR) is 122 cm³/mol. The van der Waals surface area contributed by atoms with Gasteiger partial charge < -0.3 is 4.74 Å². The van der Waals surface area contributed by atoms with Gasteiger partial charge in [0, 0.05) is 27.2 Å². The molecule has 0 unspecified atom stereocenters. The molecule has 4 nitrogen and oxygen atoms in total. The SMILES string of the molecule is FC(F)(F)c1ccc2ncc3c(OCc4ccccc4Cl)n(-c4ccc(Cl)cc4)nc3c2c1. The average Bonchev–Trinajstić information content (AvgIpc) is 3.17. The maximum Gasteiger partial charge on any atom is 0.416 e. The number of ether oxygens (including phenoxy) is 1. The zero-order valence-corrected chi connectivity index (χ0v) is 18.3. The molecule has 2 aromatic heterocycles. The maximum absolute atomic E-state index is 13.4. The van der Waals surface area contributed by atoms with Crippen molar-refractivity contribution in [3.8, 4) is 11.6 Å². The van der Waals surface area contributed by atoms with Crippen LogP contribution >= 0.6 is 23.2 Å². The number of nitrogens with zero attached hydrogens (tertiary/aromatic N) is 3. The number of halogens is 5. The topological polar surface area (TPSA) is 39.9 Å². The Hall–Kier alpha value is -3.29. The zero-order chi connectivity index (χ0) is 23.2. The highest BCUT2D eigenvalue weighted by molar-refractivity contribution is 6.31. The summed E-state index contributed by atoms with van der Waals surface area (Å²) in [6, 6.07) is 17.5. The summed E-state index contributed by atoms with van der Waals surface area (Å²) < 4.78 is 47.7. The number of hydrogen-bond donors (Lipinski definition) is 0. The van der Waals surface area contributed by atoms with Crippen LogP contribution < -0.4 is 4.74 Å². The van der Waals surface area contributed by atoms with E-state index in [0.29, 0.717) is 38.0 Å². The molecule has 0 amide bonds. The second kappa shape index (κ2) is 8.24. The molecule has 166 valence electrons. The second-order valence-electron chi connectivity index (χ2n) is 7.32. The molecule has 0 saturated heterocycles. The molecule has 0 radical (unpaired) electrons. The quantitative estimate of drug-likeness (QED) is 0.263. The molecule has 0 atom stereocenters. The third kappa shape index (κ3) is 4.10. The van der Waals surface area contributed by atoms with Crippen LogP contribution in [0.5, 0.6) is 5.88 Å². The summed E-state index contributed by atoms with van der Waals surface area (Å²) in [4.78, 5) is 4.34. The Balaban J connectivity index is 1.71. The third-order valence-corrected chi connectivity index (χ3v) is 5.80. The summed E-state index contributed by atoms with van der Waals surface area (Å²) in [5.74, 6) is 0.332. The lowest BCUT2D eigenvalue weighted by Crippen LogP contribution is -2.04. The fourth-order valence-corrected chi connectivity index (χ4v) is 3.85. The van der Waals surface area contributed by atoms with Crippen molar-refractivity contribution in [2.24, 2.45) is 0 Å². The van der Waals surface area contributed by atoms with Crippen molar-refractivity contribution < 1.29 is 17.9 Å². The van der Waals surface area contributed by atoms with Crippen molar-refractivity contribution >= 4 is 45.0 Å². The Morgan fingerprint density at radius 3 is 2.39 bits per heavy atom. The average molecular weight is 488 g/mol. The van der Waals surface area contributed by atoms with Gasteiger partial charge in [-0.05, 0) is 48.5 Å². The van der Waals surface area contributed by atoms with E-state index in [9.17, 15) is 13.2 Å². The number of benzene rings is 3. The Kier molecular flexibility index (Phi) is 5.38. The molecule has 0 saturated carbocycles. The van der Waals surface area contributed by atoms with Gasteiger partial charge in [-0.15, -0.1) is 0 Å². The van der Waals surface area contributed by atoms with Crippen molar-refractivity contribution in [3.05, 3.63) is 94.1 Å². The van der Waals surface area contributed by atoms with E-state index in [-0.39, 0.29) is 12.0 Å². The van der Waals surface area contributed by atoms with E-state index >= 15 is 0 Å². The van der Waals surface area contributed by atoms with Crippen LogP contribution in [-0.4, -0.2) is 14.8 Å². The largest absolute Gasteiger partial charge is 0.472 e. The van der Waals surface area contributed by atoms with Gasteiger partial charge in [-0.25, -0.2) is 0 Å². The van der Waals surface area contributed by atoms with Gasteiger partial charge in [0.1, 0.15) is 12.1 Å². The van der Waals surface area contributed by atoms with Crippen molar-refractivity contribution in [2.75, 3.05) is 0 Å². The van der Waals surface area contributed by atoms with E-state index in [2.05, 4.69) is 10.1 Å². The minimum atomic E-state index is -4.49. The molecular weight excluding hydrogens is 474 g/mol. The molecule has 0 fully saturated rings. The summed E-state index contributed by atoms with van der Waals surface area (Å²) in [6.07, 6.45) is -2.94. The summed E-state index contributed by atoms with van der Waals surface area (Å²) in [7, 11) is 0. The molecule has 33 heavy (non-hydrogen) atoms. The highest BCUT2D eigenvalue weighted by atomic mass is 35.5. The Morgan fingerprint density at radius 2 is 1.67 bits per heavy atom. The molecule has 0 aliphatic heterocycles. The summed E-state index contributed by atoms with van der Waals surface area (Å²) in [5.41, 5.74) is 1.35. The molecule has 5 rings (SSSR count). The van der Waals surface area contributed by atoms with Crippen LogP contribution in [-0.2, 0) is 12.8 Å². The molecule has 0 aliphatic carbocycles. The lowest BCUT2D eigenvalue weighted by molar-refractivity contribution is -0.137. The van der Waals surface area contributed by atoms with Crippen molar-refractivity contribution in [2.45, 2.75) is 12.8 Å². The van der Waals surface area contributed by atoms with E-state index < -0.39 is 11.7 Å². The monoisotopic (exact) mass is 487 g/mol. The van der Waals surface area contributed by atoms with Crippen LogP contribution in [0.4, 0.5) is 13.2 Å². The first kappa shape index (κ1) is 21.6. The summed E-state index contributed by atoms with van der Waals surface area (Å²) in [6.45, 7) is 0.134. The number of rotatable bonds is 4. The first-order valence-corrected chi connectivity index (χ1v) is 10.6. The fourth-order valence-electron chi connectivity index (χ4n) is 3.54. The lowest BCUT2D eigenvalue weighted by atomic mass is 10.1. The standard InChI is InChI=1S/C24H14Cl2F3N3O/c25-16-6-8-17(9-7-16)32-23(33-13-14-3-1-2-4-20(14)26)19-12-30-21-10-5-15(24(27,28)29)11-18(21)22(19)31-32/h1-12H,13H2. The lowest BCUT2D eigenvalue weighted by Gasteiger charge is -2.11. The van der Waals surface area contributed by atoms with Crippen molar-refractivity contribution in [1.29, 1.82) is 0 Å². The first-order valence-electron chi connectivity index (χ1n) is 9.82. The number of aromatic nitrogens is 3. The van der Waals surface area contributed by atoms with Gasteiger partial charge in [0.05, 0.1) is 22.2 Å². The number of fused-ring (bicyclic) bond motifs is 3. The van der Waals surface area contributed by atoms with Gasteiger partial charge in [0.25, 0.3) is 0 Å².